The number of ketones is 1. The summed E-state index contributed by atoms with van der Waals surface area (Å²) in [6.07, 6.45) is -18.1. The molecule has 0 unspecified atom stereocenters. The monoisotopic (exact) mass is 1450 g/mol. The molecular weight excluding hydrogens is 1370 g/mol. The maximum Gasteiger partial charge on any atom is 0.330 e. The zero-order chi connectivity index (χ0) is 73.5. The van der Waals surface area contributed by atoms with Crippen LogP contribution in [0.4, 0.5) is 0 Å². The molecule has 35 heteroatoms. The molecule has 7 aliphatic rings. The number of Topliss-reactive ketones (excluding diaryl/α,β-unsaturated/α-hetero) is 1. The van der Waals surface area contributed by atoms with Crippen LogP contribution in [0.5, 0.6) is 46.0 Å². The molecule has 7 heterocycles. The molecule has 2 saturated heterocycles. The van der Waals surface area contributed by atoms with Crippen molar-refractivity contribution in [2.75, 3.05) is 13.7 Å². The average Bonchev–Trinajstić information content (AvgIpc) is 0.770. The summed E-state index contributed by atoms with van der Waals surface area (Å²) in [6.45, 7) is 5.40. The number of rotatable bonds is 13. The number of carbonyl (C=O) groups is 9. The molecular formula is C66H73Cl2N9O24. The van der Waals surface area contributed by atoms with Crippen LogP contribution in [0.3, 0.4) is 0 Å². The van der Waals surface area contributed by atoms with Gasteiger partial charge in [0.1, 0.15) is 102 Å². The van der Waals surface area contributed by atoms with Gasteiger partial charge in [-0.25, -0.2) is 4.79 Å². The minimum Gasteiger partial charge on any atom is -0.508 e. The van der Waals surface area contributed by atoms with Gasteiger partial charge in [-0.2, -0.15) is 0 Å². The van der Waals surface area contributed by atoms with Crippen molar-refractivity contribution < 1.29 is 118 Å². The Bertz CT molecular complexity index is 4130. The number of phenols is 3. The second kappa shape index (κ2) is 30.0. The summed E-state index contributed by atoms with van der Waals surface area (Å²) in [6, 6.07) is -0.561. The highest BCUT2D eigenvalue weighted by Gasteiger charge is 2.49. The van der Waals surface area contributed by atoms with Gasteiger partial charge in [-0.05, 0) is 110 Å². The maximum atomic E-state index is 16.1. The van der Waals surface area contributed by atoms with Gasteiger partial charge in [-0.3, -0.25) is 38.4 Å². The van der Waals surface area contributed by atoms with E-state index in [0.717, 1.165) is 60.7 Å². The molecule has 7 aliphatic heterocycles. The number of carbonyl (C=O) groups excluding carboxylic acids is 8. The lowest BCUT2D eigenvalue weighted by Crippen LogP contribution is -2.60. The predicted octanol–water partition coefficient (Wildman–Crippen LogP) is 0.314. The number of aromatic hydroxyl groups is 3. The number of hydrogen-bond acceptors (Lipinski definition) is 25. The van der Waals surface area contributed by atoms with Gasteiger partial charge in [0.05, 0.1) is 34.7 Å². The topological polar surface area (TPSA) is 527 Å². The molecule has 0 saturated carbocycles. The van der Waals surface area contributed by atoms with E-state index in [-0.39, 0.29) is 39.8 Å². The van der Waals surface area contributed by atoms with Gasteiger partial charge in [0, 0.05) is 29.2 Å². The average molecular weight is 1450 g/mol. The Hall–Kier alpha value is -9.49. The number of amides is 7. The molecule has 5 aromatic rings. The van der Waals surface area contributed by atoms with Gasteiger partial charge in [0.2, 0.25) is 53.4 Å². The van der Waals surface area contributed by atoms with E-state index in [0.29, 0.717) is 0 Å². The van der Waals surface area contributed by atoms with Crippen molar-refractivity contribution in [3.8, 4) is 57.1 Å². The zero-order valence-corrected chi connectivity index (χ0v) is 55.7. The first-order valence-corrected chi connectivity index (χ1v) is 32.2. The molecule has 7 amide bonds. The highest BCUT2D eigenvalue weighted by atomic mass is 35.5. The van der Waals surface area contributed by atoms with Crippen LogP contribution in [0.25, 0.3) is 11.1 Å². The Balaban J connectivity index is 1.26. The number of nitrogens with one attached hydrogen (secondary N) is 7. The zero-order valence-electron chi connectivity index (χ0n) is 54.2. The lowest BCUT2D eigenvalue weighted by Gasteiger charge is -2.40. The summed E-state index contributed by atoms with van der Waals surface area (Å²) in [4.78, 5) is 132. The first-order valence-electron chi connectivity index (χ1n) is 31.5. The van der Waals surface area contributed by atoms with Gasteiger partial charge >= 0.3 is 5.97 Å². The molecule has 101 heavy (non-hydrogen) atoms. The van der Waals surface area contributed by atoms with E-state index in [1.165, 1.54) is 39.1 Å². The number of phenolic OH excluding ortho intramolecular Hbond substituents is 3. The molecule has 12 rings (SSSR count). The van der Waals surface area contributed by atoms with Crippen LogP contribution in [0.1, 0.15) is 105 Å². The molecule has 17 atom stereocenters. The van der Waals surface area contributed by atoms with Crippen LogP contribution >= 0.6 is 23.2 Å². The highest BCUT2D eigenvalue weighted by Crippen LogP contribution is 2.50. The first-order chi connectivity index (χ1) is 47.7. The molecule has 5 aromatic carbocycles. The van der Waals surface area contributed by atoms with Crippen molar-refractivity contribution in [2.24, 2.45) is 17.4 Å². The molecule has 33 nitrogen and oxygen atoms in total. The van der Waals surface area contributed by atoms with E-state index >= 15 is 19.2 Å². The smallest absolute Gasteiger partial charge is 0.330 e. The van der Waals surface area contributed by atoms with Crippen LogP contribution in [0.2, 0.25) is 10.0 Å². The SMILES string of the molecule is CN[C@H](CC(C)C)C(=O)N[C@H]1C(=O)N[C@@H](CC(N)=O)C(=O)N[C@H]2C(=O)N[C@H]3C(=O)N[C@H](C(=O)N[C@@H](C(=O)O)c4cc(O)cc(O)c4-c4cc3ccc4O)[C@@H](O[C@@H]3C[C@](C)(N)C(=O)[C@H](C)O3)c3ccc(c(Cl)c3)Oc3cc2cc(c3O[C@H]2O[C@H](CO)[C@H](O)[C@H](O)[C@H]2O)Oc2ccc(cc2Cl)[C@H]1O. The molecule has 11 bridgehead atoms. The Morgan fingerprint density at radius 1 is 0.713 bits per heavy atom. The first kappa shape index (κ1) is 74.2. The summed E-state index contributed by atoms with van der Waals surface area (Å²) < 4.78 is 37.8. The van der Waals surface area contributed by atoms with Crippen molar-refractivity contribution in [2.45, 2.75) is 150 Å². The third-order valence-electron chi connectivity index (χ3n) is 17.5. The summed E-state index contributed by atoms with van der Waals surface area (Å²) in [5.41, 5.74) is 7.78. The molecule has 0 spiro atoms. The summed E-state index contributed by atoms with van der Waals surface area (Å²) in [7, 11) is 1.47. The van der Waals surface area contributed by atoms with E-state index in [1.54, 1.807) is 0 Å². The second-order valence-corrected chi connectivity index (χ2v) is 26.3. The number of ether oxygens (including phenoxy) is 6. The minimum atomic E-state index is -2.35. The number of carboxylic acids is 1. The molecule has 540 valence electrons. The third-order valence-corrected chi connectivity index (χ3v) is 18.1. The summed E-state index contributed by atoms with van der Waals surface area (Å²) in [5, 5.41) is 118. The lowest BCUT2D eigenvalue weighted by molar-refractivity contribution is -0.277. The van der Waals surface area contributed by atoms with Crippen molar-refractivity contribution >= 4 is 76.3 Å². The number of aliphatic hydroxyl groups excluding tert-OH is 5. The fourth-order valence-electron chi connectivity index (χ4n) is 12.4. The second-order valence-electron chi connectivity index (χ2n) is 25.5. The quantitative estimate of drug-likeness (QED) is 0.0754. The third kappa shape index (κ3) is 15.7. The molecule has 0 radical (unpaired) electrons. The molecule has 20 N–H and O–H groups in total. The fraction of sp³-hybridized carbons (Fsp3) is 0.409. The van der Waals surface area contributed by atoms with Crippen molar-refractivity contribution in [3.63, 3.8) is 0 Å². The molecule has 0 aliphatic carbocycles. The van der Waals surface area contributed by atoms with E-state index < -0.39 is 243 Å². The van der Waals surface area contributed by atoms with Crippen molar-refractivity contribution in [1.29, 1.82) is 0 Å². The van der Waals surface area contributed by atoms with Crippen molar-refractivity contribution in [3.05, 3.63) is 117 Å². The highest BCUT2D eigenvalue weighted by molar-refractivity contribution is 6.32. The van der Waals surface area contributed by atoms with Crippen LogP contribution in [-0.2, 0) is 57.4 Å². The molecule has 0 aromatic heterocycles. The maximum absolute atomic E-state index is 16.1. The van der Waals surface area contributed by atoms with Gasteiger partial charge in [-0.15, -0.1) is 0 Å². The Morgan fingerprint density at radius 3 is 1.93 bits per heavy atom. The summed E-state index contributed by atoms with van der Waals surface area (Å²) >= 11 is 14.2. The Morgan fingerprint density at radius 2 is 1.33 bits per heavy atom. The van der Waals surface area contributed by atoms with Crippen LogP contribution in [-0.4, -0.2) is 186 Å². The standard InChI is InChI=1S/C66H73Cl2N9O24/c1-23(2)12-34(71-5)58(88)76-49-51(83)26-7-10-38(32(67)14-26)97-40-16-28-17-41(56(40)101-65-54(86)53(85)52(84)42(22-78)99-65)98-39-11-8-27(15-33(39)68)55(100-44-21-66(4,70)57(87)24(3)96-44)50-63(93)75-48(64(94)95)31-18-29(79)19-37(81)45(31)30-13-25(6-9-36(30)80)46(60(90)77-50)74-61(91)47(28)73-59(89)35(20-43(69)82)72-62(49)92/h6-11,13-19,23-24,34-35,42,44,46-55,65,71,78-81,83-86H,12,20-22,70H2,1-5H3,(H2,69,82)(H,72,92)(H,73,89)(H,74,91)(H,75,93)(H,76,88)(H,77,90)(H,94,95)/t24-,34+,35-,42+,44+,46+,47+,48+,49+,50-,51+,52-,53-,54+,55-,65+,66-/m0/s1. The number of likely N-dealkylation sites (N-methyl/N-ethyl adjacent to an activating group) is 1. The van der Waals surface area contributed by atoms with E-state index in [2.05, 4.69) is 37.2 Å². The van der Waals surface area contributed by atoms with Gasteiger partial charge < -0.3 is 123 Å². The fourth-order valence-corrected chi connectivity index (χ4v) is 12.8. The normalized spacial score (nSPS) is 28.7. The Labute approximate surface area is 583 Å². The largest absolute Gasteiger partial charge is 0.508 e. The molecule has 2 fully saturated rings. The van der Waals surface area contributed by atoms with Gasteiger partial charge in [0.25, 0.3) is 0 Å². The van der Waals surface area contributed by atoms with Crippen LogP contribution in [0.15, 0.2) is 78.9 Å². The number of fused-ring (bicyclic) bond motifs is 15. The van der Waals surface area contributed by atoms with E-state index in [1.807, 2.05) is 13.8 Å². The van der Waals surface area contributed by atoms with Gasteiger partial charge in [-0.1, -0.05) is 55.2 Å². The van der Waals surface area contributed by atoms with E-state index in [9.17, 15) is 69.9 Å². The number of nitrogens with two attached hydrogens (primary N) is 2. The Kier molecular flexibility index (Phi) is 22.0. The number of benzene rings is 5. The number of aliphatic carboxylic acids is 1. The predicted molar refractivity (Wildman–Crippen MR) is 348 cm³/mol. The number of aliphatic hydroxyl groups is 5. The summed E-state index contributed by atoms with van der Waals surface area (Å²) in [5.74, 6) is -16.7. The van der Waals surface area contributed by atoms with Gasteiger partial charge in [0.15, 0.2) is 29.6 Å². The van der Waals surface area contributed by atoms with E-state index in [4.69, 9.17) is 63.1 Å². The number of hydrogen-bond donors (Lipinski definition) is 18. The lowest BCUT2D eigenvalue weighted by atomic mass is 9.88. The van der Waals surface area contributed by atoms with Crippen LogP contribution in [0, 0.1) is 5.92 Å². The van der Waals surface area contributed by atoms with Crippen molar-refractivity contribution in [1.82, 2.24) is 37.2 Å². The number of primary amides is 1. The number of carboxylic acid groups (broad SMARTS) is 1. The van der Waals surface area contributed by atoms with Crippen LogP contribution < -0.4 is 62.9 Å². The minimum absolute atomic E-state index is 0.0975. The number of halogens is 2.